The van der Waals surface area contributed by atoms with Crippen molar-refractivity contribution in [2.75, 3.05) is 35.4 Å². The molecule has 0 saturated heterocycles. The lowest BCUT2D eigenvalue weighted by molar-refractivity contribution is -0.144. The van der Waals surface area contributed by atoms with Crippen molar-refractivity contribution in [3.8, 4) is 5.75 Å². The number of hydrogen-bond donors (Lipinski definition) is 0. The number of benzene rings is 1. The lowest BCUT2D eigenvalue weighted by atomic mass is 9.81. The van der Waals surface area contributed by atoms with Crippen LogP contribution in [0.25, 0.3) is 5.57 Å². The first kappa shape index (κ1) is 22.3. The highest BCUT2D eigenvalue weighted by molar-refractivity contribution is 6.15. The Morgan fingerprint density at radius 2 is 1.41 bits per heavy atom. The van der Waals surface area contributed by atoms with Gasteiger partial charge in [-0.3, -0.25) is 0 Å². The van der Waals surface area contributed by atoms with Gasteiger partial charge in [-0.05, 0) is 34.8 Å². The molecule has 0 aliphatic carbocycles. The Hall–Kier alpha value is -2.76. The van der Waals surface area contributed by atoms with Crippen molar-refractivity contribution in [3.63, 3.8) is 0 Å². The van der Waals surface area contributed by atoms with E-state index in [1.54, 1.807) is 26.1 Å². The van der Waals surface area contributed by atoms with Gasteiger partial charge in [0.05, 0.1) is 27.0 Å². The molecule has 0 amide bonds. The number of carbonyl (C=O) groups is 2. The summed E-state index contributed by atoms with van der Waals surface area (Å²) in [6, 6.07) is 7.63. The first-order chi connectivity index (χ1) is 12.6. The molecule has 0 aliphatic heterocycles. The van der Waals surface area contributed by atoms with Crippen LogP contribution in [-0.4, -0.2) is 52.3 Å². The Balaban J connectivity index is 3.74. The van der Waals surface area contributed by atoms with Gasteiger partial charge in [-0.2, -0.15) is 0 Å². The number of nitrogens with zero attached hydrogens (tertiary/aromatic N) is 1. The zero-order valence-corrected chi connectivity index (χ0v) is 17.4. The van der Waals surface area contributed by atoms with Crippen molar-refractivity contribution >= 4 is 17.5 Å². The second-order valence-corrected chi connectivity index (χ2v) is 7.17. The molecule has 0 radical (unpaired) electrons. The third kappa shape index (κ3) is 5.61. The van der Waals surface area contributed by atoms with Crippen LogP contribution < -0.4 is 4.74 Å². The van der Waals surface area contributed by atoms with Gasteiger partial charge in [0, 0.05) is 14.1 Å². The molecule has 0 atom stereocenters. The van der Waals surface area contributed by atoms with Gasteiger partial charge in [-0.1, -0.05) is 32.9 Å². The van der Waals surface area contributed by atoms with Crippen LogP contribution in [0, 0.1) is 5.41 Å². The van der Waals surface area contributed by atoms with Crippen LogP contribution >= 0.6 is 0 Å². The Labute approximate surface area is 161 Å². The third-order valence-corrected chi connectivity index (χ3v) is 4.01. The molecule has 27 heavy (non-hydrogen) atoms. The van der Waals surface area contributed by atoms with E-state index in [0.717, 1.165) is 16.9 Å². The molecular weight excluding hydrogens is 346 g/mol. The maximum atomic E-state index is 12.3. The van der Waals surface area contributed by atoms with Crippen molar-refractivity contribution in [2.45, 2.75) is 20.8 Å². The zero-order valence-electron chi connectivity index (χ0n) is 17.4. The molecule has 1 aromatic rings. The van der Waals surface area contributed by atoms with Gasteiger partial charge in [-0.15, -0.1) is 0 Å². The maximum Gasteiger partial charge on any atom is 0.347 e. The Morgan fingerprint density at radius 1 is 0.926 bits per heavy atom. The normalized spacial score (nSPS) is 11.5. The first-order valence-corrected chi connectivity index (χ1v) is 8.51. The van der Waals surface area contributed by atoms with Crippen LogP contribution in [0.1, 0.15) is 26.3 Å². The minimum atomic E-state index is -0.746. The standard InChI is InChI=1S/C21H29NO5/c1-21(2,3)16(14-9-11-15(25-6)12-10-14)13-17(22(4)5)18(19(23)26-7)20(24)27-8/h9-13H,1-8H3/b16-13+. The molecule has 0 aliphatic rings. The molecule has 6 nitrogen and oxygen atoms in total. The van der Waals surface area contributed by atoms with E-state index in [-0.39, 0.29) is 11.0 Å². The van der Waals surface area contributed by atoms with Crippen LogP contribution in [0.2, 0.25) is 0 Å². The lowest BCUT2D eigenvalue weighted by Gasteiger charge is -2.26. The van der Waals surface area contributed by atoms with Gasteiger partial charge in [0.2, 0.25) is 0 Å². The van der Waals surface area contributed by atoms with Crippen LogP contribution in [0.3, 0.4) is 0 Å². The largest absolute Gasteiger partial charge is 0.497 e. The maximum absolute atomic E-state index is 12.3. The Morgan fingerprint density at radius 3 is 1.74 bits per heavy atom. The average molecular weight is 375 g/mol. The lowest BCUT2D eigenvalue weighted by Crippen LogP contribution is -2.24. The summed E-state index contributed by atoms with van der Waals surface area (Å²) >= 11 is 0. The summed E-state index contributed by atoms with van der Waals surface area (Å²) < 4.78 is 14.8. The fraction of sp³-hybridized carbons (Fsp3) is 0.429. The summed E-state index contributed by atoms with van der Waals surface area (Å²) in [4.78, 5) is 26.2. The fourth-order valence-corrected chi connectivity index (χ4v) is 2.56. The van der Waals surface area contributed by atoms with Gasteiger partial charge in [0.15, 0.2) is 5.57 Å². The van der Waals surface area contributed by atoms with Crippen molar-refractivity contribution in [3.05, 3.63) is 47.2 Å². The summed E-state index contributed by atoms with van der Waals surface area (Å²) in [7, 11) is 7.59. The number of carbonyl (C=O) groups excluding carboxylic acids is 2. The molecule has 1 rings (SSSR count). The fourth-order valence-electron chi connectivity index (χ4n) is 2.56. The number of methoxy groups -OCH3 is 3. The molecule has 0 unspecified atom stereocenters. The molecule has 0 bridgehead atoms. The van der Waals surface area contributed by atoms with Gasteiger partial charge in [0.1, 0.15) is 5.75 Å². The molecule has 148 valence electrons. The van der Waals surface area contributed by atoms with Crippen molar-refractivity contribution in [1.82, 2.24) is 4.90 Å². The van der Waals surface area contributed by atoms with Gasteiger partial charge >= 0.3 is 11.9 Å². The average Bonchev–Trinajstić information content (AvgIpc) is 2.62. The minimum absolute atomic E-state index is 0.153. The Bertz CT molecular complexity index is 719. The van der Waals surface area contributed by atoms with E-state index in [2.05, 4.69) is 20.8 Å². The topological polar surface area (TPSA) is 65.1 Å². The van der Waals surface area contributed by atoms with Crippen LogP contribution in [-0.2, 0) is 19.1 Å². The smallest absolute Gasteiger partial charge is 0.347 e. The van der Waals surface area contributed by atoms with E-state index in [1.807, 2.05) is 30.3 Å². The van der Waals surface area contributed by atoms with E-state index < -0.39 is 11.9 Å². The van der Waals surface area contributed by atoms with Gasteiger partial charge in [-0.25, -0.2) is 9.59 Å². The summed E-state index contributed by atoms with van der Waals surface area (Å²) in [6.07, 6.45) is 1.82. The van der Waals surface area contributed by atoms with Crippen LogP contribution in [0.5, 0.6) is 5.75 Å². The molecule has 0 spiro atoms. The second-order valence-electron chi connectivity index (χ2n) is 7.17. The van der Waals surface area contributed by atoms with Crippen LogP contribution in [0.15, 0.2) is 41.6 Å². The highest BCUT2D eigenvalue weighted by Gasteiger charge is 2.27. The summed E-state index contributed by atoms with van der Waals surface area (Å²) in [5.74, 6) is -0.741. The molecule has 0 fully saturated rings. The highest BCUT2D eigenvalue weighted by atomic mass is 16.5. The van der Waals surface area contributed by atoms with Gasteiger partial charge < -0.3 is 19.1 Å². The first-order valence-electron chi connectivity index (χ1n) is 8.51. The Kier molecular flexibility index (Phi) is 7.64. The molecule has 1 aromatic carbocycles. The molecule has 6 heteroatoms. The second kappa shape index (κ2) is 9.26. The summed E-state index contributed by atoms with van der Waals surface area (Å²) in [5, 5.41) is 0. The summed E-state index contributed by atoms with van der Waals surface area (Å²) in [6.45, 7) is 6.19. The van der Waals surface area contributed by atoms with Crippen molar-refractivity contribution in [2.24, 2.45) is 5.41 Å². The van der Waals surface area contributed by atoms with Crippen LogP contribution in [0.4, 0.5) is 0 Å². The van der Waals surface area contributed by atoms with Gasteiger partial charge in [0.25, 0.3) is 0 Å². The van der Waals surface area contributed by atoms with Crippen molar-refractivity contribution < 1.29 is 23.8 Å². The summed E-state index contributed by atoms with van der Waals surface area (Å²) in [5.41, 5.74) is 1.90. The number of rotatable bonds is 6. The van der Waals surface area contributed by atoms with Crippen molar-refractivity contribution in [1.29, 1.82) is 0 Å². The zero-order chi connectivity index (χ0) is 20.8. The number of esters is 2. The number of ether oxygens (including phenoxy) is 3. The SMILES string of the molecule is COC(=O)C(C(=O)OC)=C(/C=C(\c1ccc(OC)cc1)C(C)(C)C)N(C)C. The number of hydrogen-bond acceptors (Lipinski definition) is 6. The number of likely N-dealkylation sites (N-methyl/N-ethyl adjacent to an activating group) is 1. The van der Waals surface area contributed by atoms with E-state index in [9.17, 15) is 9.59 Å². The van der Waals surface area contributed by atoms with E-state index in [0.29, 0.717) is 5.70 Å². The predicted octanol–water partition coefficient (Wildman–Crippen LogP) is 3.29. The predicted molar refractivity (Wildman–Crippen MR) is 105 cm³/mol. The molecule has 0 N–H and O–H groups in total. The highest BCUT2D eigenvalue weighted by Crippen LogP contribution is 2.36. The van der Waals surface area contributed by atoms with E-state index in [1.165, 1.54) is 14.2 Å². The molecular formula is C21H29NO5. The minimum Gasteiger partial charge on any atom is -0.497 e. The molecule has 0 aromatic heterocycles. The third-order valence-electron chi connectivity index (χ3n) is 4.01. The van der Waals surface area contributed by atoms with E-state index in [4.69, 9.17) is 14.2 Å². The molecule has 0 saturated carbocycles. The monoisotopic (exact) mass is 375 g/mol. The molecule has 0 heterocycles. The van der Waals surface area contributed by atoms with E-state index >= 15 is 0 Å². The number of allylic oxidation sites excluding steroid dienone is 2. The quantitative estimate of drug-likeness (QED) is 0.250.